The molecule has 2 N–H and O–H groups in total. The summed E-state index contributed by atoms with van der Waals surface area (Å²) in [5.74, 6) is -4.84. The molecule has 0 fully saturated rings. The number of aryl methyl sites for hydroxylation is 1. The van der Waals surface area contributed by atoms with Crippen LogP contribution in [0.15, 0.2) is 24.8 Å². The standard InChI is InChI=1S/C16H11F3INO2/c1-3-8-5-9(16(22)23)15(14(19)13(8)18)21-12-4-7(2)11(20)6-10(12)17/h3-6,21H,1H2,2H3,(H,22,23). The minimum absolute atomic E-state index is 0.143. The first-order valence-electron chi connectivity index (χ1n) is 6.36. The molecule has 120 valence electrons. The minimum Gasteiger partial charge on any atom is -0.478 e. The van der Waals surface area contributed by atoms with Crippen molar-refractivity contribution in [2.75, 3.05) is 5.32 Å². The molecule has 0 amide bonds. The molecule has 0 saturated heterocycles. The Morgan fingerprint density at radius 1 is 1.26 bits per heavy atom. The lowest BCUT2D eigenvalue weighted by atomic mass is 10.1. The van der Waals surface area contributed by atoms with Gasteiger partial charge in [0, 0.05) is 9.13 Å². The number of carbonyl (C=O) groups is 1. The lowest BCUT2D eigenvalue weighted by Gasteiger charge is -2.14. The zero-order chi connectivity index (χ0) is 17.3. The highest BCUT2D eigenvalue weighted by molar-refractivity contribution is 14.1. The van der Waals surface area contributed by atoms with E-state index in [4.69, 9.17) is 0 Å². The third-order valence-electron chi connectivity index (χ3n) is 3.19. The molecule has 0 aliphatic rings. The summed E-state index contributed by atoms with van der Waals surface area (Å²) in [5, 5.41) is 11.5. The molecule has 0 bridgehead atoms. The number of nitrogens with one attached hydrogen (secondary N) is 1. The number of hydrogen-bond acceptors (Lipinski definition) is 2. The molecule has 0 aliphatic heterocycles. The average molecular weight is 433 g/mol. The summed E-state index contributed by atoms with van der Waals surface area (Å²) in [5.41, 5.74) is -0.885. The molecule has 0 aromatic heterocycles. The predicted molar refractivity (Wildman–Crippen MR) is 90.5 cm³/mol. The Morgan fingerprint density at radius 3 is 2.48 bits per heavy atom. The second-order valence-corrected chi connectivity index (χ2v) is 5.89. The van der Waals surface area contributed by atoms with Crippen LogP contribution >= 0.6 is 22.6 Å². The molecule has 2 rings (SSSR count). The molecule has 0 atom stereocenters. The quantitative estimate of drug-likeness (QED) is 0.660. The first-order chi connectivity index (χ1) is 10.8. The predicted octanol–water partition coefficient (Wildman–Crippen LogP) is 5.10. The van der Waals surface area contributed by atoms with Gasteiger partial charge in [-0.2, -0.15) is 0 Å². The number of benzene rings is 2. The Bertz CT molecular complexity index is 822. The van der Waals surface area contributed by atoms with Gasteiger partial charge >= 0.3 is 5.97 Å². The second kappa shape index (κ2) is 6.61. The highest BCUT2D eigenvalue weighted by Crippen LogP contribution is 2.31. The Morgan fingerprint density at radius 2 is 1.91 bits per heavy atom. The molecular weight excluding hydrogens is 422 g/mol. The fraction of sp³-hybridized carbons (Fsp3) is 0.0625. The van der Waals surface area contributed by atoms with Crippen LogP contribution in [0.2, 0.25) is 0 Å². The van der Waals surface area contributed by atoms with Gasteiger partial charge in [0.15, 0.2) is 11.6 Å². The summed E-state index contributed by atoms with van der Waals surface area (Å²) < 4.78 is 42.7. The Balaban J connectivity index is 2.64. The van der Waals surface area contributed by atoms with Crippen molar-refractivity contribution >= 4 is 46.0 Å². The second-order valence-electron chi connectivity index (χ2n) is 4.73. The van der Waals surface area contributed by atoms with E-state index in [2.05, 4.69) is 11.9 Å². The maximum atomic E-state index is 14.2. The molecule has 2 aromatic carbocycles. The molecule has 7 heteroatoms. The smallest absolute Gasteiger partial charge is 0.337 e. The summed E-state index contributed by atoms with van der Waals surface area (Å²) in [6.07, 6.45) is 1.00. The van der Waals surface area contributed by atoms with E-state index in [1.54, 1.807) is 6.92 Å². The van der Waals surface area contributed by atoms with Gasteiger partial charge in [-0.1, -0.05) is 12.7 Å². The molecule has 23 heavy (non-hydrogen) atoms. The zero-order valence-electron chi connectivity index (χ0n) is 11.9. The van der Waals surface area contributed by atoms with Gasteiger partial charge in [-0.15, -0.1) is 0 Å². The van der Waals surface area contributed by atoms with E-state index in [0.29, 0.717) is 9.13 Å². The number of carboxylic acids is 1. The van der Waals surface area contributed by atoms with Gasteiger partial charge in [0.2, 0.25) is 0 Å². The van der Waals surface area contributed by atoms with Gasteiger partial charge < -0.3 is 10.4 Å². The Labute approximate surface area is 144 Å². The molecule has 0 aliphatic carbocycles. The van der Waals surface area contributed by atoms with Gasteiger partial charge in [-0.25, -0.2) is 18.0 Å². The van der Waals surface area contributed by atoms with Crippen molar-refractivity contribution < 1.29 is 23.1 Å². The lowest BCUT2D eigenvalue weighted by Crippen LogP contribution is -2.09. The fourth-order valence-corrected chi connectivity index (χ4v) is 2.40. The van der Waals surface area contributed by atoms with E-state index in [-0.39, 0.29) is 11.3 Å². The van der Waals surface area contributed by atoms with Crippen molar-refractivity contribution in [2.45, 2.75) is 6.92 Å². The Hall–Kier alpha value is -2.03. The maximum Gasteiger partial charge on any atom is 0.337 e. The zero-order valence-corrected chi connectivity index (χ0v) is 14.0. The normalized spacial score (nSPS) is 10.5. The number of rotatable bonds is 4. The van der Waals surface area contributed by atoms with E-state index >= 15 is 0 Å². The summed E-state index contributed by atoms with van der Waals surface area (Å²) in [4.78, 5) is 11.3. The molecular formula is C16H11F3INO2. The van der Waals surface area contributed by atoms with Crippen LogP contribution in [0.1, 0.15) is 21.5 Å². The monoisotopic (exact) mass is 433 g/mol. The topological polar surface area (TPSA) is 49.3 Å². The SMILES string of the molecule is C=Cc1cc(C(=O)O)c(Nc2cc(C)c(I)cc2F)c(F)c1F. The van der Waals surface area contributed by atoms with Crippen LogP contribution in [0.4, 0.5) is 24.5 Å². The third-order valence-corrected chi connectivity index (χ3v) is 4.36. The van der Waals surface area contributed by atoms with Crippen molar-refractivity contribution in [1.29, 1.82) is 0 Å². The first-order valence-corrected chi connectivity index (χ1v) is 7.44. The summed E-state index contributed by atoms with van der Waals surface area (Å²) in [6, 6.07) is 3.54. The summed E-state index contributed by atoms with van der Waals surface area (Å²) >= 11 is 1.93. The van der Waals surface area contributed by atoms with Crippen molar-refractivity contribution in [3.05, 3.63) is 62.5 Å². The molecule has 0 radical (unpaired) electrons. The van der Waals surface area contributed by atoms with Gasteiger partial charge in [0.1, 0.15) is 5.82 Å². The lowest BCUT2D eigenvalue weighted by molar-refractivity contribution is 0.0697. The van der Waals surface area contributed by atoms with Gasteiger partial charge in [0.25, 0.3) is 0 Å². The van der Waals surface area contributed by atoms with E-state index in [1.807, 2.05) is 22.6 Å². The van der Waals surface area contributed by atoms with Gasteiger partial charge in [-0.05, 0) is 53.3 Å². The number of aromatic carboxylic acids is 1. The average Bonchev–Trinajstić information content (AvgIpc) is 2.49. The van der Waals surface area contributed by atoms with E-state index in [1.165, 1.54) is 12.1 Å². The molecule has 0 spiro atoms. The number of halogens is 4. The fourth-order valence-electron chi connectivity index (χ4n) is 1.97. The first kappa shape index (κ1) is 17.3. The number of anilines is 2. The Kier molecular flexibility index (Phi) is 4.98. The molecule has 0 saturated carbocycles. The van der Waals surface area contributed by atoms with E-state index in [0.717, 1.165) is 12.1 Å². The van der Waals surface area contributed by atoms with Crippen LogP contribution in [-0.4, -0.2) is 11.1 Å². The van der Waals surface area contributed by atoms with Crippen molar-refractivity contribution in [1.82, 2.24) is 0 Å². The van der Waals surface area contributed by atoms with Crippen LogP contribution in [-0.2, 0) is 0 Å². The van der Waals surface area contributed by atoms with Crippen LogP contribution < -0.4 is 5.32 Å². The number of carboxylic acid groups (broad SMARTS) is 1. The molecule has 2 aromatic rings. The largest absolute Gasteiger partial charge is 0.478 e. The molecule has 3 nitrogen and oxygen atoms in total. The number of hydrogen-bond donors (Lipinski definition) is 2. The highest BCUT2D eigenvalue weighted by atomic mass is 127. The van der Waals surface area contributed by atoms with Gasteiger partial charge in [-0.3, -0.25) is 0 Å². The summed E-state index contributed by atoms with van der Waals surface area (Å²) in [7, 11) is 0. The minimum atomic E-state index is -1.47. The van der Waals surface area contributed by atoms with Crippen molar-refractivity contribution in [2.24, 2.45) is 0 Å². The highest BCUT2D eigenvalue weighted by Gasteiger charge is 2.22. The van der Waals surface area contributed by atoms with Gasteiger partial charge in [0.05, 0.1) is 16.9 Å². The van der Waals surface area contributed by atoms with Crippen molar-refractivity contribution in [3.63, 3.8) is 0 Å². The van der Waals surface area contributed by atoms with E-state index < -0.39 is 34.7 Å². The van der Waals surface area contributed by atoms with Crippen LogP contribution in [0.5, 0.6) is 0 Å². The molecule has 0 unspecified atom stereocenters. The third kappa shape index (κ3) is 3.34. The summed E-state index contributed by atoms with van der Waals surface area (Å²) in [6.45, 7) is 5.01. The van der Waals surface area contributed by atoms with Crippen LogP contribution in [0, 0.1) is 27.9 Å². The van der Waals surface area contributed by atoms with E-state index in [9.17, 15) is 23.1 Å². The molecule has 0 heterocycles. The maximum absolute atomic E-state index is 14.2. The van der Waals surface area contributed by atoms with Crippen LogP contribution in [0.25, 0.3) is 6.08 Å². The van der Waals surface area contributed by atoms with Crippen LogP contribution in [0.3, 0.4) is 0 Å². The van der Waals surface area contributed by atoms with Crippen molar-refractivity contribution in [3.8, 4) is 0 Å².